The molecule has 1 fully saturated rings. The number of hydrogen-bond donors (Lipinski definition) is 1. The van der Waals surface area contributed by atoms with Gasteiger partial charge in [-0.3, -0.25) is 4.79 Å². The van der Waals surface area contributed by atoms with Gasteiger partial charge in [-0.2, -0.15) is 0 Å². The van der Waals surface area contributed by atoms with Gasteiger partial charge in [-0.1, -0.05) is 12.1 Å². The molecular weight excluding hydrogens is 330 g/mol. The van der Waals surface area contributed by atoms with E-state index in [0.29, 0.717) is 24.7 Å². The Morgan fingerprint density at radius 2 is 1.92 bits per heavy atom. The number of amides is 1. The fourth-order valence-corrected chi connectivity index (χ4v) is 3.28. The van der Waals surface area contributed by atoms with E-state index < -0.39 is 0 Å². The number of aromatic nitrogens is 3. The Kier molecular flexibility index (Phi) is 4.20. The van der Waals surface area contributed by atoms with E-state index in [4.69, 9.17) is 4.74 Å². The minimum atomic E-state index is 0.0405. The maximum Gasteiger partial charge on any atom is 0.270 e. The van der Waals surface area contributed by atoms with E-state index in [0.717, 1.165) is 29.8 Å². The maximum absolute atomic E-state index is 12.8. The fraction of sp³-hybridized carbons (Fsp3) is 0.316. The minimum absolute atomic E-state index is 0.0405. The summed E-state index contributed by atoms with van der Waals surface area (Å²) in [5, 5.41) is 1.06. The molecule has 0 spiro atoms. The number of anilines is 1. The number of hydrogen-bond acceptors (Lipinski definition) is 5. The van der Waals surface area contributed by atoms with Crippen molar-refractivity contribution < 1.29 is 9.53 Å². The predicted molar refractivity (Wildman–Crippen MR) is 99.7 cm³/mol. The molecule has 1 saturated heterocycles. The molecule has 7 heteroatoms. The van der Waals surface area contributed by atoms with Crippen molar-refractivity contribution in [1.82, 2.24) is 19.9 Å². The molecule has 4 rings (SSSR count). The van der Waals surface area contributed by atoms with Crippen LogP contribution < -0.4 is 9.64 Å². The number of aromatic amines is 1. The fourth-order valence-electron chi connectivity index (χ4n) is 3.28. The van der Waals surface area contributed by atoms with Crippen LogP contribution in [-0.4, -0.2) is 59.0 Å². The molecule has 0 radical (unpaired) electrons. The number of H-pyrrole nitrogens is 1. The monoisotopic (exact) mass is 351 g/mol. The number of carbonyl (C=O) groups is 1. The van der Waals surface area contributed by atoms with Gasteiger partial charge in [0, 0.05) is 43.1 Å². The predicted octanol–water partition coefficient (Wildman–Crippen LogP) is 2.24. The highest BCUT2D eigenvalue weighted by atomic mass is 16.5. The number of nitrogens with zero attached hydrogens (tertiary/aromatic N) is 4. The third-order valence-electron chi connectivity index (χ3n) is 4.74. The second kappa shape index (κ2) is 6.67. The third-order valence-corrected chi connectivity index (χ3v) is 4.74. The highest BCUT2D eigenvalue weighted by Gasteiger charge is 2.24. The quantitative estimate of drug-likeness (QED) is 0.783. The first kappa shape index (κ1) is 16.4. The first-order valence-electron chi connectivity index (χ1n) is 8.63. The van der Waals surface area contributed by atoms with Crippen LogP contribution in [0, 0.1) is 6.92 Å². The lowest BCUT2D eigenvalue weighted by Crippen LogP contribution is -2.49. The van der Waals surface area contributed by atoms with Crippen molar-refractivity contribution in [1.29, 1.82) is 0 Å². The van der Waals surface area contributed by atoms with Crippen LogP contribution >= 0.6 is 0 Å². The Bertz CT molecular complexity index is 944. The molecule has 7 nitrogen and oxygen atoms in total. The summed E-state index contributed by atoms with van der Waals surface area (Å²) in [6.07, 6.45) is 1.50. The number of carbonyl (C=O) groups excluding carboxylic acids is 1. The zero-order chi connectivity index (χ0) is 18.1. The molecule has 0 aliphatic carbocycles. The minimum Gasteiger partial charge on any atom is -0.481 e. The van der Waals surface area contributed by atoms with Crippen LogP contribution in [0.4, 0.5) is 5.82 Å². The van der Waals surface area contributed by atoms with Gasteiger partial charge in [-0.15, -0.1) is 0 Å². The molecule has 2 aromatic heterocycles. The van der Waals surface area contributed by atoms with E-state index in [1.807, 2.05) is 30.0 Å². The summed E-state index contributed by atoms with van der Waals surface area (Å²) < 4.78 is 5.15. The Labute approximate surface area is 151 Å². The summed E-state index contributed by atoms with van der Waals surface area (Å²) >= 11 is 0. The topological polar surface area (TPSA) is 74.3 Å². The van der Waals surface area contributed by atoms with Crippen LogP contribution in [0.3, 0.4) is 0 Å². The number of fused-ring (bicyclic) bond motifs is 1. The van der Waals surface area contributed by atoms with E-state index in [1.54, 1.807) is 7.11 Å². The zero-order valence-electron chi connectivity index (χ0n) is 14.9. The normalized spacial score (nSPS) is 14.7. The van der Waals surface area contributed by atoms with Crippen LogP contribution in [-0.2, 0) is 0 Å². The SMILES string of the molecule is COc1cc(N2CCN(C(=O)c3cc4ccc(C)cc4[nH]3)CC2)ncn1. The molecule has 26 heavy (non-hydrogen) atoms. The van der Waals surface area contributed by atoms with Crippen LogP contribution in [0.1, 0.15) is 16.1 Å². The van der Waals surface area contributed by atoms with Gasteiger partial charge in [0.15, 0.2) is 0 Å². The van der Waals surface area contributed by atoms with Crippen molar-refractivity contribution in [3.05, 3.63) is 47.9 Å². The lowest BCUT2D eigenvalue weighted by atomic mass is 10.2. The van der Waals surface area contributed by atoms with Crippen molar-refractivity contribution in [3.8, 4) is 5.88 Å². The molecule has 1 aliphatic heterocycles. The Morgan fingerprint density at radius 3 is 2.69 bits per heavy atom. The van der Waals surface area contributed by atoms with Gasteiger partial charge >= 0.3 is 0 Å². The van der Waals surface area contributed by atoms with Crippen LogP contribution in [0.15, 0.2) is 36.7 Å². The molecule has 0 unspecified atom stereocenters. The molecular formula is C19H21N5O2. The van der Waals surface area contributed by atoms with Gasteiger partial charge in [0.25, 0.3) is 5.91 Å². The maximum atomic E-state index is 12.8. The van der Waals surface area contributed by atoms with Crippen LogP contribution in [0.2, 0.25) is 0 Å². The van der Waals surface area contributed by atoms with Crippen LogP contribution in [0.25, 0.3) is 10.9 Å². The van der Waals surface area contributed by atoms with Crippen molar-refractivity contribution in [2.24, 2.45) is 0 Å². The van der Waals surface area contributed by atoms with Gasteiger partial charge in [0.2, 0.25) is 5.88 Å². The highest BCUT2D eigenvalue weighted by Crippen LogP contribution is 2.20. The van der Waals surface area contributed by atoms with Gasteiger partial charge in [0.1, 0.15) is 17.8 Å². The lowest BCUT2D eigenvalue weighted by molar-refractivity contribution is 0.0741. The summed E-state index contributed by atoms with van der Waals surface area (Å²) in [5.74, 6) is 1.41. The van der Waals surface area contributed by atoms with E-state index in [-0.39, 0.29) is 5.91 Å². The lowest BCUT2D eigenvalue weighted by Gasteiger charge is -2.35. The molecule has 0 saturated carbocycles. The number of piperazine rings is 1. The number of nitrogens with one attached hydrogen (secondary N) is 1. The summed E-state index contributed by atoms with van der Waals surface area (Å²) in [6, 6.07) is 9.90. The van der Waals surface area contributed by atoms with Crippen LogP contribution in [0.5, 0.6) is 5.88 Å². The largest absolute Gasteiger partial charge is 0.481 e. The first-order valence-corrected chi connectivity index (χ1v) is 8.63. The van der Waals surface area contributed by atoms with Gasteiger partial charge in [-0.05, 0) is 24.6 Å². The first-order chi connectivity index (χ1) is 12.6. The Balaban J connectivity index is 1.45. The van der Waals surface area contributed by atoms with E-state index in [1.165, 1.54) is 11.9 Å². The second-order valence-electron chi connectivity index (χ2n) is 6.47. The molecule has 0 bridgehead atoms. The van der Waals surface area contributed by atoms with Crippen molar-refractivity contribution in [2.45, 2.75) is 6.92 Å². The van der Waals surface area contributed by atoms with Crippen molar-refractivity contribution >= 4 is 22.6 Å². The average Bonchev–Trinajstić information content (AvgIpc) is 3.10. The molecule has 3 heterocycles. The second-order valence-corrected chi connectivity index (χ2v) is 6.47. The number of benzene rings is 1. The zero-order valence-corrected chi connectivity index (χ0v) is 14.9. The standard InChI is InChI=1S/C19H21N5O2/c1-13-3-4-14-10-16(22-15(14)9-13)19(25)24-7-5-23(6-8-24)17-11-18(26-2)21-12-20-17/h3-4,9-12,22H,5-8H2,1-2H3. The van der Waals surface area contributed by atoms with Gasteiger partial charge in [-0.25, -0.2) is 9.97 Å². The van der Waals surface area contributed by atoms with E-state index >= 15 is 0 Å². The van der Waals surface area contributed by atoms with Crippen molar-refractivity contribution in [3.63, 3.8) is 0 Å². The summed E-state index contributed by atoms with van der Waals surface area (Å²) in [4.78, 5) is 28.4. The summed E-state index contributed by atoms with van der Waals surface area (Å²) in [7, 11) is 1.59. The van der Waals surface area contributed by atoms with Gasteiger partial charge < -0.3 is 19.5 Å². The van der Waals surface area contributed by atoms with Crippen molar-refractivity contribution in [2.75, 3.05) is 38.2 Å². The third kappa shape index (κ3) is 3.08. The molecule has 0 atom stereocenters. The Hall–Kier alpha value is -3.09. The smallest absolute Gasteiger partial charge is 0.270 e. The Morgan fingerprint density at radius 1 is 1.12 bits per heavy atom. The molecule has 3 aromatic rings. The van der Waals surface area contributed by atoms with E-state index in [2.05, 4.69) is 32.0 Å². The van der Waals surface area contributed by atoms with Gasteiger partial charge in [0.05, 0.1) is 7.11 Å². The molecule has 134 valence electrons. The summed E-state index contributed by atoms with van der Waals surface area (Å²) in [6.45, 7) is 4.80. The van der Waals surface area contributed by atoms with E-state index in [9.17, 15) is 4.79 Å². The molecule has 1 aliphatic rings. The molecule has 1 aromatic carbocycles. The number of methoxy groups -OCH3 is 1. The number of aryl methyl sites for hydroxylation is 1. The number of rotatable bonds is 3. The molecule has 1 N–H and O–H groups in total. The summed E-state index contributed by atoms with van der Waals surface area (Å²) in [5.41, 5.74) is 2.81. The average molecular weight is 351 g/mol. The highest BCUT2D eigenvalue weighted by molar-refractivity contribution is 5.98. The molecule has 1 amide bonds. The number of ether oxygens (including phenoxy) is 1.